The third-order valence-corrected chi connectivity index (χ3v) is 9.83. The summed E-state index contributed by atoms with van der Waals surface area (Å²) in [5.74, 6) is -0.757. The number of piperazine rings is 1. The molecule has 5 rings (SSSR count). The van der Waals surface area contributed by atoms with Crippen LogP contribution in [0.3, 0.4) is 0 Å². The van der Waals surface area contributed by atoms with Crippen molar-refractivity contribution in [1.82, 2.24) is 9.21 Å². The summed E-state index contributed by atoms with van der Waals surface area (Å²) in [5, 5.41) is 2.73. The quantitative estimate of drug-likeness (QED) is 0.152. The zero-order valence-corrected chi connectivity index (χ0v) is 26.1. The molecule has 1 saturated heterocycles. The van der Waals surface area contributed by atoms with E-state index in [4.69, 9.17) is 4.74 Å². The highest BCUT2D eigenvalue weighted by Gasteiger charge is 2.32. The van der Waals surface area contributed by atoms with E-state index in [2.05, 4.69) is 34.5 Å². The fraction of sp³-hybridized carbons (Fsp3) is 0.278. The van der Waals surface area contributed by atoms with Gasteiger partial charge in [0.05, 0.1) is 24.0 Å². The number of esters is 1. The number of carbonyl (C=O) groups excluding carboxylic acids is 2. The van der Waals surface area contributed by atoms with Crippen LogP contribution >= 0.6 is 0 Å². The lowest BCUT2D eigenvalue weighted by Gasteiger charge is -2.39. The Balaban J connectivity index is 1.09. The van der Waals surface area contributed by atoms with Gasteiger partial charge in [-0.05, 0) is 53.8 Å². The molecule has 0 aromatic heterocycles. The van der Waals surface area contributed by atoms with Gasteiger partial charge in [-0.3, -0.25) is 14.5 Å². The molecule has 45 heavy (non-hydrogen) atoms. The number of sulfonamides is 1. The summed E-state index contributed by atoms with van der Waals surface area (Å²) in [6.07, 6.45) is 1.49. The molecule has 8 nitrogen and oxygen atoms in total. The number of benzene rings is 4. The minimum atomic E-state index is -3.70. The number of aryl methyl sites for hydroxylation is 1. The van der Waals surface area contributed by atoms with Crippen LogP contribution in [0.1, 0.15) is 42.0 Å². The fourth-order valence-electron chi connectivity index (χ4n) is 5.56. The fourth-order valence-corrected chi connectivity index (χ4v) is 6.99. The van der Waals surface area contributed by atoms with Crippen molar-refractivity contribution in [1.29, 1.82) is 0 Å². The van der Waals surface area contributed by atoms with Crippen molar-refractivity contribution in [3.63, 3.8) is 0 Å². The highest BCUT2D eigenvalue weighted by molar-refractivity contribution is 7.89. The van der Waals surface area contributed by atoms with Gasteiger partial charge in [0.15, 0.2) is 0 Å². The van der Waals surface area contributed by atoms with Crippen LogP contribution in [0.25, 0.3) is 0 Å². The SMILES string of the molecule is O=C(CCC(=O)OCCCc1ccccc1)Nc1ccc(S(=O)(=O)N2CCN(C(c3ccccc3)c3ccccc3)CC2)cc1. The van der Waals surface area contributed by atoms with Gasteiger partial charge in [-0.2, -0.15) is 4.31 Å². The number of amides is 1. The Labute approximate surface area is 265 Å². The van der Waals surface area contributed by atoms with Gasteiger partial charge in [-0.1, -0.05) is 91.0 Å². The second-order valence-corrected chi connectivity index (χ2v) is 13.0. The van der Waals surface area contributed by atoms with Crippen LogP contribution in [0.4, 0.5) is 5.69 Å². The first kappa shape index (κ1) is 32.1. The van der Waals surface area contributed by atoms with E-state index in [1.54, 1.807) is 12.1 Å². The maximum Gasteiger partial charge on any atom is 0.306 e. The zero-order valence-electron chi connectivity index (χ0n) is 25.3. The van der Waals surface area contributed by atoms with Crippen molar-refractivity contribution in [2.24, 2.45) is 0 Å². The van der Waals surface area contributed by atoms with E-state index in [1.807, 2.05) is 66.7 Å². The largest absolute Gasteiger partial charge is 0.466 e. The Morgan fingerprint density at radius 1 is 0.711 bits per heavy atom. The van der Waals surface area contributed by atoms with E-state index < -0.39 is 16.0 Å². The summed E-state index contributed by atoms with van der Waals surface area (Å²) in [5.41, 5.74) is 4.00. The summed E-state index contributed by atoms with van der Waals surface area (Å²) in [6.45, 7) is 2.24. The molecule has 1 aliphatic heterocycles. The lowest BCUT2D eigenvalue weighted by molar-refractivity contribution is -0.144. The molecule has 9 heteroatoms. The molecule has 1 N–H and O–H groups in total. The molecule has 4 aromatic rings. The number of carbonyl (C=O) groups is 2. The first-order valence-electron chi connectivity index (χ1n) is 15.3. The zero-order chi connectivity index (χ0) is 31.5. The van der Waals surface area contributed by atoms with Gasteiger partial charge < -0.3 is 10.1 Å². The first-order valence-corrected chi connectivity index (χ1v) is 16.8. The van der Waals surface area contributed by atoms with E-state index >= 15 is 0 Å². The highest BCUT2D eigenvalue weighted by atomic mass is 32.2. The predicted molar refractivity (Wildman–Crippen MR) is 175 cm³/mol. The van der Waals surface area contributed by atoms with E-state index in [0.717, 1.165) is 12.8 Å². The molecule has 0 atom stereocenters. The molecule has 1 aliphatic rings. The minimum Gasteiger partial charge on any atom is -0.466 e. The number of hydrogen-bond acceptors (Lipinski definition) is 6. The van der Waals surface area contributed by atoms with Crippen molar-refractivity contribution >= 4 is 27.6 Å². The van der Waals surface area contributed by atoms with Gasteiger partial charge >= 0.3 is 5.97 Å². The van der Waals surface area contributed by atoms with Crippen molar-refractivity contribution in [3.8, 4) is 0 Å². The molecule has 0 spiro atoms. The van der Waals surface area contributed by atoms with Crippen LogP contribution in [0.2, 0.25) is 0 Å². The van der Waals surface area contributed by atoms with Crippen LogP contribution in [0.5, 0.6) is 0 Å². The third kappa shape index (κ3) is 8.88. The standard InChI is InChI=1S/C36H39N3O5S/c40-34(22-23-35(41)44-28-10-13-29-11-4-1-5-12-29)37-32-18-20-33(21-19-32)45(42,43)39-26-24-38(25-27-39)36(30-14-6-2-7-15-30)31-16-8-3-9-17-31/h1-9,11-12,14-21,36H,10,13,22-28H2,(H,37,40). The number of rotatable bonds is 13. The van der Waals surface area contributed by atoms with E-state index in [9.17, 15) is 18.0 Å². The van der Waals surface area contributed by atoms with E-state index in [1.165, 1.54) is 33.1 Å². The number of anilines is 1. The Bertz CT molecular complexity index is 1590. The van der Waals surface area contributed by atoms with Gasteiger partial charge in [0.1, 0.15) is 0 Å². The molecule has 0 unspecified atom stereocenters. The molecule has 1 heterocycles. The Hall–Kier alpha value is -4.31. The van der Waals surface area contributed by atoms with Crippen LogP contribution in [-0.2, 0) is 30.8 Å². The van der Waals surface area contributed by atoms with Gasteiger partial charge in [0.2, 0.25) is 15.9 Å². The Kier molecular flexibility index (Phi) is 11.1. The normalized spacial score (nSPS) is 14.2. The lowest BCUT2D eigenvalue weighted by atomic mass is 9.96. The Morgan fingerprint density at radius 2 is 1.27 bits per heavy atom. The second kappa shape index (κ2) is 15.6. The van der Waals surface area contributed by atoms with E-state index in [-0.39, 0.29) is 29.7 Å². The van der Waals surface area contributed by atoms with Crippen molar-refractivity contribution in [2.45, 2.75) is 36.6 Å². The van der Waals surface area contributed by atoms with Crippen LogP contribution < -0.4 is 5.32 Å². The summed E-state index contributed by atoms with van der Waals surface area (Å²) in [7, 11) is -3.70. The number of nitrogens with one attached hydrogen (secondary N) is 1. The second-order valence-electron chi connectivity index (χ2n) is 11.0. The van der Waals surface area contributed by atoms with Crippen molar-refractivity contribution in [2.75, 3.05) is 38.1 Å². The molecule has 0 radical (unpaired) electrons. The number of nitrogens with zero attached hydrogens (tertiary/aromatic N) is 2. The third-order valence-electron chi connectivity index (χ3n) is 7.92. The van der Waals surface area contributed by atoms with Gasteiger partial charge in [0.25, 0.3) is 0 Å². The summed E-state index contributed by atoms with van der Waals surface area (Å²) >= 11 is 0. The Morgan fingerprint density at radius 3 is 1.84 bits per heavy atom. The molecule has 234 valence electrons. The van der Waals surface area contributed by atoms with Gasteiger partial charge in [-0.25, -0.2) is 8.42 Å². The van der Waals surface area contributed by atoms with Gasteiger partial charge in [0, 0.05) is 38.3 Å². The maximum atomic E-state index is 13.5. The molecule has 1 amide bonds. The topological polar surface area (TPSA) is 96.0 Å². The first-order chi connectivity index (χ1) is 21.9. The lowest BCUT2D eigenvalue weighted by Crippen LogP contribution is -2.49. The molecule has 0 aliphatic carbocycles. The average Bonchev–Trinajstić information content (AvgIpc) is 3.08. The number of ether oxygens (including phenoxy) is 1. The van der Waals surface area contributed by atoms with Crippen molar-refractivity contribution in [3.05, 3.63) is 132 Å². The molecule has 1 fully saturated rings. The summed E-state index contributed by atoms with van der Waals surface area (Å²) < 4.78 is 33.7. The summed E-state index contributed by atoms with van der Waals surface area (Å²) in [4.78, 5) is 26.9. The molecule has 0 saturated carbocycles. The smallest absolute Gasteiger partial charge is 0.306 e. The van der Waals surface area contributed by atoms with Crippen molar-refractivity contribution < 1.29 is 22.7 Å². The molecular weight excluding hydrogens is 586 g/mol. The molecular formula is C36H39N3O5S. The van der Waals surface area contributed by atoms with Crippen LogP contribution in [-0.4, -0.2) is 62.3 Å². The van der Waals surface area contributed by atoms with Crippen LogP contribution in [0.15, 0.2) is 120 Å². The summed E-state index contributed by atoms with van der Waals surface area (Å²) in [6, 6.07) is 36.7. The average molecular weight is 626 g/mol. The van der Waals surface area contributed by atoms with Gasteiger partial charge in [-0.15, -0.1) is 0 Å². The van der Waals surface area contributed by atoms with Crippen LogP contribution in [0, 0.1) is 0 Å². The molecule has 0 bridgehead atoms. The monoisotopic (exact) mass is 625 g/mol. The highest BCUT2D eigenvalue weighted by Crippen LogP contribution is 2.30. The predicted octanol–water partition coefficient (Wildman–Crippen LogP) is 5.68. The van der Waals surface area contributed by atoms with E-state index in [0.29, 0.717) is 38.5 Å². The molecule has 4 aromatic carbocycles. The number of hydrogen-bond donors (Lipinski definition) is 1. The minimum absolute atomic E-state index is 0.0190. The maximum absolute atomic E-state index is 13.5.